The Morgan fingerprint density at radius 1 is 1.48 bits per heavy atom. The van der Waals surface area contributed by atoms with Crippen molar-refractivity contribution in [1.29, 1.82) is 0 Å². The zero-order valence-corrected chi connectivity index (χ0v) is 14.1. The minimum atomic E-state index is 0.102. The van der Waals surface area contributed by atoms with E-state index >= 15 is 0 Å². The lowest BCUT2D eigenvalue weighted by molar-refractivity contribution is -0.107. The van der Waals surface area contributed by atoms with Crippen LogP contribution in [0.5, 0.6) is 0 Å². The molecule has 2 aliphatic rings. The number of nitrogens with zero attached hydrogens (tertiary/aromatic N) is 1. The van der Waals surface area contributed by atoms with Crippen LogP contribution in [0, 0.1) is 5.92 Å². The van der Waals surface area contributed by atoms with Crippen LogP contribution < -0.4 is 5.32 Å². The number of hydrogen-bond donors (Lipinski definition) is 1. The van der Waals surface area contributed by atoms with Gasteiger partial charge in [-0.2, -0.15) is 11.8 Å². The molecule has 2 fully saturated rings. The third kappa shape index (κ3) is 3.39. The summed E-state index contributed by atoms with van der Waals surface area (Å²) in [6, 6.07) is 4.04. The highest BCUT2D eigenvalue weighted by atomic mass is 35.5. The molecule has 5 heteroatoms. The van der Waals surface area contributed by atoms with Crippen LogP contribution >= 0.6 is 23.4 Å². The van der Waals surface area contributed by atoms with Crippen LogP contribution in [0.1, 0.15) is 37.4 Å². The standard InChI is InChI=1S/C16H23ClN2OS/c1-18-14(15-13(17)3-2-7-19-15)12-4-8-20-16(11-12)5-9-21-10-6-16/h2-3,7,12,14,18H,4-6,8-11H2,1H3. The van der Waals surface area contributed by atoms with Gasteiger partial charge in [-0.3, -0.25) is 4.98 Å². The molecule has 0 radical (unpaired) electrons. The molecule has 1 aromatic heterocycles. The first kappa shape index (κ1) is 15.6. The van der Waals surface area contributed by atoms with Crippen molar-refractivity contribution in [3.05, 3.63) is 29.0 Å². The maximum atomic E-state index is 6.36. The van der Waals surface area contributed by atoms with Crippen molar-refractivity contribution in [1.82, 2.24) is 10.3 Å². The maximum Gasteiger partial charge on any atom is 0.0761 e. The molecule has 1 N–H and O–H groups in total. The van der Waals surface area contributed by atoms with Crippen LogP contribution in [-0.4, -0.2) is 35.7 Å². The Hall–Kier alpha value is -0.290. The Morgan fingerprint density at radius 3 is 3.00 bits per heavy atom. The third-order valence-corrected chi connectivity index (χ3v) is 6.10. The van der Waals surface area contributed by atoms with E-state index in [4.69, 9.17) is 16.3 Å². The zero-order chi connectivity index (χ0) is 14.7. The lowest BCUT2D eigenvalue weighted by atomic mass is 9.78. The number of thioether (sulfide) groups is 1. The van der Waals surface area contributed by atoms with Gasteiger partial charge in [-0.1, -0.05) is 11.6 Å². The average Bonchev–Trinajstić information content (AvgIpc) is 2.51. The number of rotatable bonds is 3. The monoisotopic (exact) mass is 326 g/mol. The van der Waals surface area contributed by atoms with Gasteiger partial charge in [0.15, 0.2) is 0 Å². The molecule has 0 aromatic carbocycles. The number of aromatic nitrogens is 1. The van der Waals surface area contributed by atoms with E-state index in [1.54, 1.807) is 0 Å². The van der Waals surface area contributed by atoms with Crippen LogP contribution in [0.4, 0.5) is 0 Å². The molecule has 2 unspecified atom stereocenters. The van der Waals surface area contributed by atoms with Crippen LogP contribution in [-0.2, 0) is 4.74 Å². The van der Waals surface area contributed by atoms with Gasteiger partial charge in [0.1, 0.15) is 0 Å². The van der Waals surface area contributed by atoms with E-state index in [1.807, 2.05) is 37.1 Å². The second-order valence-corrected chi connectivity index (χ2v) is 7.67. The van der Waals surface area contributed by atoms with Gasteiger partial charge < -0.3 is 10.1 Å². The van der Waals surface area contributed by atoms with Gasteiger partial charge in [-0.25, -0.2) is 0 Å². The molecule has 0 aliphatic carbocycles. The van der Waals surface area contributed by atoms with Crippen LogP contribution in [0.25, 0.3) is 0 Å². The molecule has 1 aromatic rings. The fourth-order valence-electron chi connectivity index (χ4n) is 3.66. The molecule has 0 amide bonds. The van der Waals surface area contributed by atoms with Gasteiger partial charge in [-0.15, -0.1) is 0 Å². The zero-order valence-electron chi connectivity index (χ0n) is 12.5. The molecule has 1 spiro atoms. The topological polar surface area (TPSA) is 34.2 Å². The summed E-state index contributed by atoms with van der Waals surface area (Å²) in [4.78, 5) is 4.52. The van der Waals surface area contributed by atoms with Crippen molar-refractivity contribution in [2.45, 2.75) is 37.3 Å². The minimum absolute atomic E-state index is 0.102. The maximum absolute atomic E-state index is 6.36. The fraction of sp³-hybridized carbons (Fsp3) is 0.688. The summed E-state index contributed by atoms with van der Waals surface area (Å²) in [7, 11) is 2.01. The Labute approximate surface area is 136 Å². The summed E-state index contributed by atoms with van der Waals surface area (Å²) in [5.41, 5.74) is 1.08. The molecule has 3 rings (SSSR count). The minimum Gasteiger partial charge on any atom is -0.375 e. The van der Waals surface area contributed by atoms with E-state index in [1.165, 1.54) is 24.3 Å². The summed E-state index contributed by atoms with van der Waals surface area (Å²) in [6.45, 7) is 0.859. The molecular formula is C16H23ClN2OS. The SMILES string of the molecule is CNC(c1ncccc1Cl)C1CCOC2(CCSCC2)C1. The van der Waals surface area contributed by atoms with Gasteiger partial charge in [0.05, 0.1) is 22.4 Å². The van der Waals surface area contributed by atoms with Gasteiger partial charge in [0.25, 0.3) is 0 Å². The van der Waals surface area contributed by atoms with Crippen molar-refractivity contribution in [2.75, 3.05) is 25.2 Å². The lowest BCUT2D eigenvalue weighted by Gasteiger charge is -2.45. The van der Waals surface area contributed by atoms with Gasteiger partial charge >= 0.3 is 0 Å². The number of halogens is 1. The highest BCUT2D eigenvalue weighted by Gasteiger charge is 2.41. The highest BCUT2D eigenvalue weighted by molar-refractivity contribution is 7.99. The Morgan fingerprint density at radius 2 is 2.29 bits per heavy atom. The van der Waals surface area contributed by atoms with Crippen molar-refractivity contribution >= 4 is 23.4 Å². The molecule has 116 valence electrons. The largest absolute Gasteiger partial charge is 0.375 e. The Balaban J connectivity index is 1.79. The van der Waals surface area contributed by atoms with E-state index in [0.29, 0.717) is 5.92 Å². The van der Waals surface area contributed by atoms with Crippen molar-refractivity contribution in [3.63, 3.8) is 0 Å². The quantitative estimate of drug-likeness (QED) is 0.918. The Bertz CT molecular complexity index is 474. The fourth-order valence-corrected chi connectivity index (χ4v) is 5.14. The number of pyridine rings is 1. The van der Waals surface area contributed by atoms with E-state index in [-0.39, 0.29) is 11.6 Å². The molecule has 2 saturated heterocycles. The first-order valence-electron chi connectivity index (χ1n) is 7.73. The second-order valence-electron chi connectivity index (χ2n) is 6.03. The van der Waals surface area contributed by atoms with Crippen molar-refractivity contribution in [2.24, 2.45) is 5.92 Å². The third-order valence-electron chi connectivity index (χ3n) is 4.80. The summed E-state index contributed by atoms with van der Waals surface area (Å²) >= 11 is 8.40. The first-order valence-corrected chi connectivity index (χ1v) is 9.27. The highest BCUT2D eigenvalue weighted by Crippen LogP contribution is 2.43. The molecule has 2 aliphatic heterocycles. The number of hydrogen-bond acceptors (Lipinski definition) is 4. The van der Waals surface area contributed by atoms with E-state index in [0.717, 1.165) is 30.2 Å². The van der Waals surface area contributed by atoms with Crippen LogP contribution in [0.3, 0.4) is 0 Å². The summed E-state index contributed by atoms with van der Waals surface area (Å²) in [6.07, 6.45) is 6.39. The predicted octanol–water partition coefficient (Wildman–Crippen LogP) is 3.69. The number of ether oxygens (including phenoxy) is 1. The molecule has 21 heavy (non-hydrogen) atoms. The van der Waals surface area contributed by atoms with Crippen molar-refractivity contribution < 1.29 is 4.74 Å². The van der Waals surface area contributed by atoms with Gasteiger partial charge in [0.2, 0.25) is 0 Å². The predicted molar refractivity (Wildman–Crippen MR) is 89.0 cm³/mol. The van der Waals surface area contributed by atoms with Crippen LogP contribution in [0.2, 0.25) is 5.02 Å². The van der Waals surface area contributed by atoms with E-state index < -0.39 is 0 Å². The Kier molecular flexibility index (Phi) is 5.10. The van der Waals surface area contributed by atoms with Gasteiger partial charge in [0, 0.05) is 12.8 Å². The molecule has 0 bridgehead atoms. The molecule has 2 atom stereocenters. The lowest BCUT2D eigenvalue weighted by Crippen LogP contribution is -2.45. The van der Waals surface area contributed by atoms with Crippen molar-refractivity contribution in [3.8, 4) is 0 Å². The summed E-state index contributed by atoms with van der Waals surface area (Å²) < 4.78 is 6.20. The summed E-state index contributed by atoms with van der Waals surface area (Å²) in [5.74, 6) is 2.99. The van der Waals surface area contributed by atoms with Crippen LogP contribution in [0.15, 0.2) is 18.3 Å². The second kappa shape index (κ2) is 6.86. The summed E-state index contributed by atoms with van der Waals surface area (Å²) in [5, 5.41) is 4.20. The molecule has 0 saturated carbocycles. The molecular weight excluding hydrogens is 304 g/mol. The molecule has 3 nitrogen and oxygen atoms in total. The van der Waals surface area contributed by atoms with E-state index in [2.05, 4.69) is 10.3 Å². The van der Waals surface area contributed by atoms with E-state index in [9.17, 15) is 0 Å². The first-order chi connectivity index (χ1) is 10.2. The molecule has 3 heterocycles. The number of nitrogens with one attached hydrogen (secondary N) is 1. The smallest absolute Gasteiger partial charge is 0.0761 e. The average molecular weight is 327 g/mol. The normalized spacial score (nSPS) is 26.7. The van der Waals surface area contributed by atoms with Gasteiger partial charge in [-0.05, 0) is 62.3 Å².